The van der Waals surface area contributed by atoms with Crippen LogP contribution in [0.2, 0.25) is 0 Å². The van der Waals surface area contributed by atoms with Crippen LogP contribution in [0, 0.1) is 0 Å². The third-order valence-electron chi connectivity index (χ3n) is 3.02. The Morgan fingerprint density at radius 1 is 1.28 bits per heavy atom. The number of carboxylic acid groups (broad SMARTS) is 1. The zero-order chi connectivity index (χ0) is 13.2. The summed E-state index contributed by atoms with van der Waals surface area (Å²) in [6.07, 6.45) is 4.17. The Hall–Kier alpha value is -1.35. The predicted molar refractivity (Wildman–Crippen MR) is 73.7 cm³/mol. The highest BCUT2D eigenvalue weighted by Gasteiger charge is 2.02. The van der Waals surface area contributed by atoms with E-state index in [0.29, 0.717) is 6.04 Å². The van der Waals surface area contributed by atoms with Gasteiger partial charge in [-0.15, -0.1) is 0 Å². The van der Waals surface area contributed by atoms with Gasteiger partial charge in [-0.25, -0.2) is 0 Å². The van der Waals surface area contributed by atoms with Crippen LogP contribution in [0.15, 0.2) is 30.3 Å². The highest BCUT2D eigenvalue weighted by atomic mass is 16.4. The maximum absolute atomic E-state index is 10.3. The lowest BCUT2D eigenvalue weighted by Gasteiger charge is -2.13. The Labute approximate surface area is 109 Å². The largest absolute Gasteiger partial charge is 0.481 e. The first kappa shape index (κ1) is 14.7. The fourth-order valence-electron chi connectivity index (χ4n) is 1.88. The normalized spacial score (nSPS) is 12.3. The van der Waals surface area contributed by atoms with E-state index < -0.39 is 5.97 Å². The molecule has 3 nitrogen and oxygen atoms in total. The lowest BCUT2D eigenvalue weighted by atomic mass is 10.1. The van der Waals surface area contributed by atoms with Crippen molar-refractivity contribution in [1.29, 1.82) is 0 Å². The number of nitrogens with one attached hydrogen (secondary N) is 1. The van der Waals surface area contributed by atoms with Gasteiger partial charge in [-0.2, -0.15) is 0 Å². The van der Waals surface area contributed by atoms with E-state index in [1.807, 2.05) is 6.07 Å². The molecule has 1 atom stereocenters. The molecule has 1 unspecified atom stereocenters. The summed E-state index contributed by atoms with van der Waals surface area (Å²) >= 11 is 0. The second kappa shape index (κ2) is 8.70. The number of aliphatic carboxylic acids is 1. The Balaban J connectivity index is 2.04. The van der Waals surface area contributed by atoms with E-state index in [4.69, 9.17) is 5.11 Å². The quantitative estimate of drug-likeness (QED) is 0.662. The summed E-state index contributed by atoms with van der Waals surface area (Å²) in [5, 5.41) is 11.9. The van der Waals surface area contributed by atoms with E-state index in [0.717, 1.165) is 32.2 Å². The maximum Gasteiger partial charge on any atom is 0.303 e. The summed E-state index contributed by atoms with van der Waals surface area (Å²) in [5.41, 5.74) is 1.37. The summed E-state index contributed by atoms with van der Waals surface area (Å²) < 4.78 is 0. The van der Waals surface area contributed by atoms with E-state index in [-0.39, 0.29) is 6.42 Å². The molecule has 18 heavy (non-hydrogen) atoms. The van der Waals surface area contributed by atoms with Crippen LogP contribution in [0.4, 0.5) is 0 Å². The van der Waals surface area contributed by atoms with E-state index in [1.165, 1.54) is 5.56 Å². The van der Waals surface area contributed by atoms with Crippen molar-refractivity contribution in [2.24, 2.45) is 0 Å². The Bertz CT molecular complexity index is 338. The zero-order valence-electron chi connectivity index (χ0n) is 11.1. The summed E-state index contributed by atoms with van der Waals surface area (Å²) in [6, 6.07) is 11.0. The fourth-order valence-corrected chi connectivity index (χ4v) is 1.88. The van der Waals surface area contributed by atoms with E-state index >= 15 is 0 Å². The number of carboxylic acids is 1. The van der Waals surface area contributed by atoms with E-state index in [2.05, 4.69) is 36.5 Å². The highest BCUT2D eigenvalue weighted by molar-refractivity contribution is 5.66. The summed E-state index contributed by atoms with van der Waals surface area (Å²) in [7, 11) is 0. The van der Waals surface area contributed by atoms with Gasteiger partial charge in [-0.3, -0.25) is 4.79 Å². The predicted octanol–water partition coefficient (Wildman–Crippen LogP) is 2.85. The van der Waals surface area contributed by atoms with Crippen LogP contribution in [-0.2, 0) is 11.2 Å². The van der Waals surface area contributed by atoms with Crippen LogP contribution in [0.25, 0.3) is 0 Å². The van der Waals surface area contributed by atoms with Crippen LogP contribution < -0.4 is 5.32 Å². The third kappa shape index (κ3) is 7.07. The molecular formula is C15H23NO2. The van der Waals surface area contributed by atoms with Gasteiger partial charge in [-0.1, -0.05) is 30.3 Å². The van der Waals surface area contributed by atoms with Gasteiger partial charge in [0.05, 0.1) is 0 Å². The minimum Gasteiger partial charge on any atom is -0.481 e. The molecule has 0 radical (unpaired) electrons. The lowest BCUT2D eigenvalue weighted by Crippen LogP contribution is -2.27. The Morgan fingerprint density at radius 2 is 2.00 bits per heavy atom. The molecular weight excluding hydrogens is 226 g/mol. The number of benzene rings is 1. The van der Waals surface area contributed by atoms with Crippen molar-refractivity contribution >= 4 is 5.97 Å². The molecule has 0 bridgehead atoms. The van der Waals surface area contributed by atoms with Gasteiger partial charge < -0.3 is 10.4 Å². The number of hydrogen-bond donors (Lipinski definition) is 2. The topological polar surface area (TPSA) is 49.3 Å². The van der Waals surface area contributed by atoms with Crippen molar-refractivity contribution in [3.05, 3.63) is 35.9 Å². The molecule has 3 heteroatoms. The number of rotatable bonds is 9. The molecule has 0 fully saturated rings. The van der Waals surface area contributed by atoms with Crippen molar-refractivity contribution in [3.8, 4) is 0 Å². The molecule has 0 saturated heterocycles. The minimum absolute atomic E-state index is 0.278. The Morgan fingerprint density at radius 3 is 2.67 bits per heavy atom. The van der Waals surface area contributed by atoms with Gasteiger partial charge in [0.15, 0.2) is 0 Å². The van der Waals surface area contributed by atoms with E-state index in [1.54, 1.807) is 0 Å². The summed E-state index contributed by atoms with van der Waals surface area (Å²) in [5.74, 6) is -0.702. The van der Waals surface area contributed by atoms with Crippen LogP contribution in [0.1, 0.15) is 38.2 Å². The molecule has 1 rings (SSSR count). The molecule has 0 amide bonds. The molecule has 0 aliphatic rings. The number of carbonyl (C=O) groups is 1. The standard InChI is InChI=1S/C15H23NO2/c1-13(16-12-6-5-9-15(17)18)10-11-14-7-3-2-4-8-14/h2-4,7-8,13,16H,5-6,9-12H2,1H3,(H,17,18). The molecule has 1 aromatic carbocycles. The lowest BCUT2D eigenvalue weighted by molar-refractivity contribution is -0.137. The highest BCUT2D eigenvalue weighted by Crippen LogP contribution is 2.05. The molecule has 1 aromatic rings. The molecule has 2 N–H and O–H groups in total. The van der Waals surface area contributed by atoms with Gasteiger partial charge in [0, 0.05) is 12.5 Å². The summed E-state index contributed by atoms with van der Waals surface area (Å²) in [4.78, 5) is 10.3. The van der Waals surface area contributed by atoms with Crippen LogP contribution in [0.5, 0.6) is 0 Å². The number of hydrogen-bond acceptors (Lipinski definition) is 2. The van der Waals surface area contributed by atoms with Crippen LogP contribution in [-0.4, -0.2) is 23.7 Å². The maximum atomic E-state index is 10.3. The second-order valence-corrected chi connectivity index (χ2v) is 4.73. The molecule has 100 valence electrons. The molecule has 0 aliphatic carbocycles. The SMILES string of the molecule is CC(CCc1ccccc1)NCCCCC(=O)O. The van der Waals surface area contributed by atoms with Crippen molar-refractivity contribution in [2.75, 3.05) is 6.54 Å². The van der Waals surface area contributed by atoms with E-state index in [9.17, 15) is 4.79 Å². The van der Waals surface area contributed by atoms with Crippen LogP contribution >= 0.6 is 0 Å². The Kier molecular flexibility index (Phi) is 7.11. The monoisotopic (exact) mass is 249 g/mol. The molecule has 0 spiro atoms. The third-order valence-corrected chi connectivity index (χ3v) is 3.02. The van der Waals surface area contributed by atoms with Gasteiger partial charge >= 0.3 is 5.97 Å². The van der Waals surface area contributed by atoms with Crippen molar-refractivity contribution in [3.63, 3.8) is 0 Å². The number of unbranched alkanes of at least 4 members (excludes halogenated alkanes) is 1. The average Bonchev–Trinajstić information content (AvgIpc) is 2.37. The molecule has 0 saturated carbocycles. The van der Waals surface area contributed by atoms with Crippen LogP contribution in [0.3, 0.4) is 0 Å². The summed E-state index contributed by atoms with van der Waals surface area (Å²) in [6.45, 7) is 3.09. The van der Waals surface area contributed by atoms with Gasteiger partial charge in [0.1, 0.15) is 0 Å². The molecule has 0 aliphatic heterocycles. The van der Waals surface area contributed by atoms with Gasteiger partial charge in [0.25, 0.3) is 0 Å². The smallest absolute Gasteiger partial charge is 0.303 e. The van der Waals surface area contributed by atoms with Crippen molar-refractivity contribution < 1.29 is 9.90 Å². The van der Waals surface area contributed by atoms with Crippen molar-refractivity contribution in [1.82, 2.24) is 5.32 Å². The molecule has 0 aromatic heterocycles. The van der Waals surface area contributed by atoms with Gasteiger partial charge in [0.2, 0.25) is 0 Å². The minimum atomic E-state index is -0.702. The van der Waals surface area contributed by atoms with Gasteiger partial charge in [-0.05, 0) is 44.7 Å². The zero-order valence-corrected chi connectivity index (χ0v) is 11.1. The average molecular weight is 249 g/mol. The second-order valence-electron chi connectivity index (χ2n) is 4.73. The fraction of sp³-hybridized carbons (Fsp3) is 0.533. The van der Waals surface area contributed by atoms with Crippen molar-refractivity contribution in [2.45, 2.75) is 45.1 Å². The first-order valence-corrected chi connectivity index (χ1v) is 6.67. The molecule has 0 heterocycles. The number of aryl methyl sites for hydroxylation is 1. The first-order chi connectivity index (χ1) is 8.68. The first-order valence-electron chi connectivity index (χ1n) is 6.67.